The van der Waals surface area contributed by atoms with Gasteiger partial charge in [0.25, 0.3) is 0 Å². The van der Waals surface area contributed by atoms with E-state index in [1.54, 1.807) is 0 Å². The molecule has 0 radical (unpaired) electrons. The first-order chi connectivity index (χ1) is 12.8. The highest BCUT2D eigenvalue weighted by atomic mass is 28.4. The van der Waals surface area contributed by atoms with Crippen molar-refractivity contribution in [2.24, 2.45) is 0 Å². The normalized spacial score (nSPS) is 19.5. The van der Waals surface area contributed by atoms with Gasteiger partial charge in [-0.05, 0) is 30.6 Å². The van der Waals surface area contributed by atoms with Crippen LogP contribution in [0.5, 0.6) is 0 Å². The lowest BCUT2D eigenvalue weighted by Gasteiger charge is -2.36. The number of hydrogen-bond donors (Lipinski definition) is 1. The molecule has 3 aromatic rings. The molecule has 6 nitrogen and oxygen atoms in total. The molecule has 3 aromatic heterocycles. The van der Waals surface area contributed by atoms with Crippen molar-refractivity contribution < 1.29 is 4.43 Å². The predicted octanol–water partition coefficient (Wildman–Crippen LogP) is 4.18. The number of hydrogen-bond acceptors (Lipinski definition) is 4. The minimum atomic E-state index is -1.66. The molecule has 0 unspecified atom stereocenters. The standard InChI is InChI=1S/C20H31N5OSi/c1-20(2,3)27(4,5)26-11-10-24-9-7-15(13-24)25-14-23-17-12-22-19-16(18(17)25)6-8-21-19/h6,8,12,14-15H,7,9-11,13H2,1-5H3,(H,21,22)/t15-/m1/s1. The van der Waals surface area contributed by atoms with Gasteiger partial charge in [-0.2, -0.15) is 0 Å². The van der Waals surface area contributed by atoms with E-state index in [1.165, 1.54) is 5.52 Å². The van der Waals surface area contributed by atoms with Gasteiger partial charge in [0.1, 0.15) is 11.2 Å². The number of pyridine rings is 1. The highest BCUT2D eigenvalue weighted by Gasteiger charge is 2.37. The lowest BCUT2D eigenvalue weighted by molar-refractivity contribution is 0.219. The predicted molar refractivity (Wildman–Crippen MR) is 113 cm³/mol. The maximum atomic E-state index is 6.36. The van der Waals surface area contributed by atoms with Crippen LogP contribution in [0.4, 0.5) is 0 Å². The van der Waals surface area contributed by atoms with Gasteiger partial charge in [-0.3, -0.25) is 4.90 Å². The first kappa shape index (κ1) is 18.7. The van der Waals surface area contributed by atoms with Crippen molar-refractivity contribution in [2.45, 2.75) is 51.4 Å². The van der Waals surface area contributed by atoms with Gasteiger partial charge in [0.2, 0.25) is 0 Å². The summed E-state index contributed by atoms with van der Waals surface area (Å²) in [6, 6.07) is 2.56. The molecule has 146 valence electrons. The van der Waals surface area contributed by atoms with E-state index >= 15 is 0 Å². The van der Waals surface area contributed by atoms with Crippen molar-refractivity contribution in [1.82, 2.24) is 24.4 Å². The number of aromatic amines is 1. The van der Waals surface area contributed by atoms with E-state index in [-0.39, 0.29) is 5.04 Å². The molecule has 1 saturated heterocycles. The van der Waals surface area contributed by atoms with E-state index in [4.69, 9.17) is 4.43 Å². The molecule has 4 heterocycles. The highest BCUT2D eigenvalue weighted by Crippen LogP contribution is 2.36. The average Bonchev–Trinajstić information content (AvgIpc) is 3.31. The van der Waals surface area contributed by atoms with Gasteiger partial charge in [0, 0.05) is 43.9 Å². The molecule has 1 atom stereocenters. The molecule has 4 rings (SSSR count). The van der Waals surface area contributed by atoms with Gasteiger partial charge in [0.05, 0.1) is 18.0 Å². The molecule has 1 aliphatic heterocycles. The van der Waals surface area contributed by atoms with Crippen molar-refractivity contribution in [3.05, 3.63) is 24.8 Å². The maximum Gasteiger partial charge on any atom is 0.192 e. The van der Waals surface area contributed by atoms with E-state index in [0.717, 1.165) is 49.2 Å². The summed E-state index contributed by atoms with van der Waals surface area (Å²) in [7, 11) is -1.66. The summed E-state index contributed by atoms with van der Waals surface area (Å²) >= 11 is 0. The van der Waals surface area contributed by atoms with Gasteiger partial charge in [-0.15, -0.1) is 0 Å². The number of imidazole rings is 1. The first-order valence-electron chi connectivity index (χ1n) is 9.91. The third kappa shape index (κ3) is 3.44. The number of aromatic nitrogens is 4. The Kier molecular flexibility index (Phi) is 4.64. The number of H-pyrrole nitrogens is 1. The molecule has 1 fully saturated rings. The van der Waals surface area contributed by atoms with E-state index < -0.39 is 8.32 Å². The Bertz CT molecular complexity index is 939. The van der Waals surface area contributed by atoms with Gasteiger partial charge in [-0.1, -0.05) is 20.8 Å². The summed E-state index contributed by atoms with van der Waals surface area (Å²) in [5.74, 6) is 0. The molecule has 0 amide bonds. The Hall–Kier alpha value is -1.70. The lowest BCUT2D eigenvalue weighted by atomic mass is 10.2. The molecule has 0 aromatic carbocycles. The van der Waals surface area contributed by atoms with E-state index in [2.05, 4.69) is 64.4 Å². The number of nitrogens with zero attached hydrogens (tertiary/aromatic N) is 4. The molecular formula is C20H31N5OSi. The third-order valence-electron chi connectivity index (χ3n) is 6.44. The highest BCUT2D eigenvalue weighted by molar-refractivity contribution is 6.74. The minimum Gasteiger partial charge on any atom is -0.416 e. The van der Waals surface area contributed by atoms with Crippen molar-refractivity contribution in [3.8, 4) is 0 Å². The Morgan fingerprint density at radius 3 is 2.89 bits per heavy atom. The minimum absolute atomic E-state index is 0.270. The fraction of sp³-hybridized carbons (Fsp3) is 0.600. The van der Waals surface area contributed by atoms with E-state index in [1.807, 2.05) is 18.7 Å². The Labute approximate surface area is 162 Å². The van der Waals surface area contributed by atoms with E-state index in [0.29, 0.717) is 6.04 Å². The van der Waals surface area contributed by atoms with Gasteiger partial charge in [-0.25, -0.2) is 9.97 Å². The van der Waals surface area contributed by atoms with Crippen LogP contribution in [-0.4, -0.2) is 59.0 Å². The summed E-state index contributed by atoms with van der Waals surface area (Å²) in [4.78, 5) is 14.8. The smallest absolute Gasteiger partial charge is 0.192 e. The van der Waals surface area contributed by atoms with Crippen LogP contribution in [0.3, 0.4) is 0 Å². The molecule has 1 N–H and O–H groups in total. The first-order valence-corrected chi connectivity index (χ1v) is 12.8. The number of fused-ring (bicyclic) bond motifs is 3. The van der Waals surface area contributed by atoms with Crippen LogP contribution in [0, 0.1) is 0 Å². The summed E-state index contributed by atoms with van der Waals surface area (Å²) in [6.07, 6.45) is 6.96. The van der Waals surface area contributed by atoms with Crippen molar-refractivity contribution in [1.29, 1.82) is 0 Å². The molecule has 0 spiro atoms. The third-order valence-corrected chi connectivity index (χ3v) is 11.0. The van der Waals surface area contributed by atoms with E-state index in [9.17, 15) is 0 Å². The topological polar surface area (TPSA) is 59.0 Å². The molecule has 0 saturated carbocycles. The summed E-state index contributed by atoms with van der Waals surface area (Å²) < 4.78 is 8.71. The SMILES string of the molecule is CC(C)(C)[Si](C)(C)OCCN1CC[C@@H](n2cnc3cnc4[nH]ccc4c32)C1. The Morgan fingerprint density at radius 1 is 1.30 bits per heavy atom. The molecule has 0 aliphatic carbocycles. The average molecular weight is 386 g/mol. The van der Waals surface area contributed by atoms with Crippen LogP contribution >= 0.6 is 0 Å². The zero-order valence-corrected chi connectivity index (χ0v) is 18.1. The second kappa shape index (κ2) is 6.72. The Balaban J connectivity index is 1.43. The molecular weight excluding hydrogens is 354 g/mol. The summed E-state index contributed by atoms with van der Waals surface area (Å²) in [5, 5.41) is 1.43. The fourth-order valence-corrected chi connectivity index (χ4v) is 4.73. The number of likely N-dealkylation sites (tertiary alicyclic amines) is 1. The van der Waals surface area contributed by atoms with Crippen LogP contribution in [0.25, 0.3) is 22.1 Å². The largest absolute Gasteiger partial charge is 0.416 e. The van der Waals surface area contributed by atoms with Gasteiger partial charge >= 0.3 is 0 Å². The lowest BCUT2D eigenvalue weighted by Crippen LogP contribution is -2.42. The second-order valence-electron chi connectivity index (χ2n) is 9.24. The van der Waals surface area contributed by atoms with Gasteiger partial charge < -0.3 is 14.0 Å². The van der Waals surface area contributed by atoms with Crippen molar-refractivity contribution in [3.63, 3.8) is 0 Å². The number of rotatable bonds is 5. The van der Waals surface area contributed by atoms with Crippen LogP contribution in [0.1, 0.15) is 33.2 Å². The van der Waals surface area contributed by atoms with Crippen LogP contribution in [0.15, 0.2) is 24.8 Å². The summed E-state index contributed by atoms with van der Waals surface area (Å²) in [5.41, 5.74) is 3.11. The molecule has 27 heavy (non-hydrogen) atoms. The second-order valence-corrected chi connectivity index (χ2v) is 14.0. The number of nitrogens with one attached hydrogen (secondary N) is 1. The Morgan fingerprint density at radius 2 is 2.11 bits per heavy atom. The molecule has 1 aliphatic rings. The zero-order chi connectivity index (χ0) is 19.2. The van der Waals surface area contributed by atoms with Crippen LogP contribution in [-0.2, 0) is 4.43 Å². The van der Waals surface area contributed by atoms with Crippen LogP contribution in [0.2, 0.25) is 18.1 Å². The van der Waals surface area contributed by atoms with Gasteiger partial charge in [0.15, 0.2) is 8.32 Å². The summed E-state index contributed by atoms with van der Waals surface area (Å²) in [6.45, 7) is 15.6. The fourth-order valence-electron chi connectivity index (χ4n) is 3.70. The maximum absolute atomic E-state index is 6.36. The van der Waals surface area contributed by atoms with Crippen LogP contribution < -0.4 is 0 Å². The van der Waals surface area contributed by atoms with Crippen molar-refractivity contribution >= 4 is 30.4 Å². The molecule has 0 bridgehead atoms. The van der Waals surface area contributed by atoms with Crippen molar-refractivity contribution in [2.75, 3.05) is 26.2 Å². The monoisotopic (exact) mass is 385 g/mol. The molecule has 7 heteroatoms. The zero-order valence-electron chi connectivity index (χ0n) is 17.1. The quantitative estimate of drug-likeness (QED) is 0.669.